The molecule has 0 radical (unpaired) electrons. The van der Waals surface area contributed by atoms with Crippen molar-refractivity contribution in [1.29, 1.82) is 0 Å². The monoisotopic (exact) mass is 271 g/mol. The Morgan fingerprint density at radius 1 is 1.16 bits per heavy atom. The summed E-state index contributed by atoms with van der Waals surface area (Å²) >= 11 is 1.63. The first-order chi connectivity index (χ1) is 9.22. The first-order valence-corrected chi connectivity index (χ1v) is 6.93. The fourth-order valence-electron chi connectivity index (χ4n) is 1.91. The van der Waals surface area contributed by atoms with Gasteiger partial charge in [0.05, 0.1) is 0 Å². The number of aliphatic imine (C=N–C) groups is 4. The highest BCUT2D eigenvalue weighted by Gasteiger charge is 2.30. The van der Waals surface area contributed by atoms with Crippen LogP contribution in [-0.4, -0.2) is 28.7 Å². The lowest BCUT2D eigenvalue weighted by Crippen LogP contribution is -2.31. The van der Waals surface area contributed by atoms with Gasteiger partial charge in [-0.05, 0) is 12.5 Å². The van der Waals surface area contributed by atoms with Crippen LogP contribution in [-0.2, 0) is 5.75 Å². The normalized spacial score (nSPS) is 21.2. The number of benzene rings is 1. The summed E-state index contributed by atoms with van der Waals surface area (Å²) in [5, 5.41) is 0.868. The van der Waals surface area contributed by atoms with Crippen LogP contribution >= 0.6 is 11.8 Å². The van der Waals surface area contributed by atoms with Crippen molar-refractivity contribution < 1.29 is 0 Å². The van der Waals surface area contributed by atoms with Gasteiger partial charge in [0, 0.05) is 5.75 Å². The Hall–Kier alpha value is -1.95. The third-order valence-electron chi connectivity index (χ3n) is 2.75. The summed E-state index contributed by atoms with van der Waals surface area (Å²) in [5.41, 5.74) is 6.96. The Morgan fingerprint density at radius 3 is 2.74 bits per heavy atom. The van der Waals surface area contributed by atoms with Gasteiger partial charge in [0.2, 0.25) is 5.96 Å². The third kappa shape index (κ3) is 2.58. The van der Waals surface area contributed by atoms with E-state index in [1.165, 1.54) is 5.56 Å². The van der Waals surface area contributed by atoms with Gasteiger partial charge < -0.3 is 5.73 Å². The fourth-order valence-corrected chi connectivity index (χ4v) is 2.89. The van der Waals surface area contributed by atoms with E-state index >= 15 is 0 Å². The van der Waals surface area contributed by atoms with E-state index in [4.69, 9.17) is 5.73 Å². The van der Waals surface area contributed by atoms with Crippen LogP contribution in [0.5, 0.6) is 0 Å². The second-order valence-electron chi connectivity index (χ2n) is 4.24. The van der Waals surface area contributed by atoms with Crippen LogP contribution in [0.15, 0.2) is 50.3 Å². The lowest BCUT2D eigenvalue weighted by molar-refractivity contribution is 1.14. The van der Waals surface area contributed by atoms with E-state index in [1.54, 1.807) is 11.8 Å². The molecule has 1 aromatic rings. The molecule has 0 fully saturated rings. The maximum absolute atomic E-state index is 5.71. The van der Waals surface area contributed by atoms with Crippen LogP contribution in [0.1, 0.15) is 12.5 Å². The molecule has 2 heterocycles. The van der Waals surface area contributed by atoms with Crippen molar-refractivity contribution >= 4 is 34.4 Å². The Labute approximate surface area is 115 Å². The molecule has 0 bridgehead atoms. The molecule has 5 nitrogen and oxygen atoms in total. The Balaban J connectivity index is 1.77. The second-order valence-corrected chi connectivity index (χ2v) is 5.24. The van der Waals surface area contributed by atoms with Crippen molar-refractivity contribution in [3.8, 4) is 0 Å². The average Bonchev–Trinajstić information content (AvgIpc) is 2.77. The molecule has 1 aromatic carbocycles. The van der Waals surface area contributed by atoms with Gasteiger partial charge in [-0.1, -0.05) is 30.3 Å². The maximum Gasteiger partial charge on any atom is 0.222 e. The quantitative estimate of drug-likeness (QED) is 0.891. The van der Waals surface area contributed by atoms with E-state index in [0.717, 1.165) is 16.6 Å². The predicted octanol–water partition coefficient (Wildman–Crippen LogP) is 1.85. The van der Waals surface area contributed by atoms with Crippen LogP contribution in [0.25, 0.3) is 0 Å². The van der Waals surface area contributed by atoms with Gasteiger partial charge >= 0.3 is 0 Å². The molecule has 19 heavy (non-hydrogen) atoms. The largest absolute Gasteiger partial charge is 0.368 e. The number of hydrogen-bond acceptors (Lipinski definition) is 6. The minimum Gasteiger partial charge on any atom is -0.368 e. The standard InChI is InChI=1S/C13H13N5S/c1-8-15-10-11(16-8)17-13(14)18-12(10)19-7-9-5-3-2-4-6-9/h2-6,10H,7H2,1H3,(H2,14,15,16,17). The molecule has 0 aliphatic carbocycles. The molecular formula is C13H13N5S. The molecule has 6 heteroatoms. The highest BCUT2D eigenvalue weighted by molar-refractivity contribution is 8.13. The zero-order valence-corrected chi connectivity index (χ0v) is 11.3. The van der Waals surface area contributed by atoms with Crippen LogP contribution in [0.4, 0.5) is 0 Å². The zero-order chi connectivity index (χ0) is 13.2. The summed E-state index contributed by atoms with van der Waals surface area (Å²) < 4.78 is 0. The molecule has 0 saturated heterocycles. The van der Waals surface area contributed by atoms with E-state index in [9.17, 15) is 0 Å². The van der Waals surface area contributed by atoms with Crippen LogP contribution in [0.2, 0.25) is 0 Å². The SMILES string of the molecule is CC1=NC2C(=N1)N=C(N)N=C2SCc1ccccc1. The average molecular weight is 271 g/mol. The van der Waals surface area contributed by atoms with E-state index in [1.807, 2.05) is 25.1 Å². The van der Waals surface area contributed by atoms with E-state index in [2.05, 4.69) is 32.1 Å². The van der Waals surface area contributed by atoms with Crippen molar-refractivity contribution in [2.24, 2.45) is 25.7 Å². The first kappa shape index (κ1) is 12.1. The Kier molecular flexibility index (Phi) is 3.16. The highest BCUT2D eigenvalue weighted by atomic mass is 32.2. The summed E-state index contributed by atoms with van der Waals surface area (Å²) in [5.74, 6) is 2.48. The number of hydrogen-bond donors (Lipinski definition) is 1. The number of rotatable bonds is 2. The fraction of sp³-hybridized carbons (Fsp3) is 0.231. The number of fused-ring (bicyclic) bond motifs is 1. The first-order valence-electron chi connectivity index (χ1n) is 5.95. The van der Waals surface area contributed by atoms with Gasteiger partial charge in [0.1, 0.15) is 10.9 Å². The van der Waals surface area contributed by atoms with Gasteiger partial charge in [-0.2, -0.15) is 4.99 Å². The Bertz CT molecular complexity index is 615. The topological polar surface area (TPSA) is 75.5 Å². The molecular weight excluding hydrogens is 258 g/mol. The molecule has 0 spiro atoms. The number of amidine groups is 2. The van der Waals surface area contributed by atoms with Crippen LogP contribution < -0.4 is 5.73 Å². The van der Waals surface area contributed by atoms with Gasteiger partial charge in [-0.15, -0.1) is 11.8 Å². The maximum atomic E-state index is 5.71. The highest BCUT2D eigenvalue weighted by Crippen LogP contribution is 2.23. The van der Waals surface area contributed by atoms with Crippen molar-refractivity contribution in [1.82, 2.24) is 0 Å². The predicted molar refractivity (Wildman–Crippen MR) is 81.1 cm³/mol. The lowest BCUT2D eigenvalue weighted by Gasteiger charge is -2.15. The third-order valence-corrected chi connectivity index (χ3v) is 3.84. The lowest BCUT2D eigenvalue weighted by atomic mass is 10.2. The van der Waals surface area contributed by atoms with E-state index in [0.29, 0.717) is 5.84 Å². The van der Waals surface area contributed by atoms with Crippen molar-refractivity contribution in [3.63, 3.8) is 0 Å². The molecule has 3 rings (SSSR count). The second kappa shape index (κ2) is 4.97. The summed E-state index contributed by atoms with van der Waals surface area (Å²) in [7, 11) is 0. The number of nitrogens with two attached hydrogens (primary N) is 1. The van der Waals surface area contributed by atoms with Crippen LogP contribution in [0.3, 0.4) is 0 Å². The molecule has 0 aromatic heterocycles. The van der Waals surface area contributed by atoms with Gasteiger partial charge in [0.15, 0.2) is 11.9 Å². The van der Waals surface area contributed by atoms with E-state index in [-0.39, 0.29) is 12.0 Å². The van der Waals surface area contributed by atoms with Crippen LogP contribution in [0, 0.1) is 0 Å². The summed E-state index contributed by atoms with van der Waals surface area (Å²) in [6, 6.07) is 10.1. The minimum atomic E-state index is -0.166. The molecule has 96 valence electrons. The van der Waals surface area contributed by atoms with Gasteiger partial charge in [-0.25, -0.2) is 9.98 Å². The number of thioether (sulfide) groups is 1. The molecule has 2 aliphatic rings. The molecule has 0 saturated carbocycles. The summed E-state index contributed by atoms with van der Waals surface area (Å²) in [6.45, 7) is 1.86. The van der Waals surface area contributed by atoms with Crippen molar-refractivity contribution in [2.75, 3.05) is 0 Å². The summed E-state index contributed by atoms with van der Waals surface area (Å²) in [6.07, 6.45) is 0. The molecule has 0 amide bonds. The minimum absolute atomic E-state index is 0.166. The molecule has 1 unspecified atom stereocenters. The van der Waals surface area contributed by atoms with Gasteiger partial charge in [0.25, 0.3) is 0 Å². The van der Waals surface area contributed by atoms with Crippen molar-refractivity contribution in [2.45, 2.75) is 18.7 Å². The zero-order valence-electron chi connectivity index (χ0n) is 10.4. The number of guanidine groups is 1. The smallest absolute Gasteiger partial charge is 0.222 e. The summed E-state index contributed by atoms with van der Waals surface area (Å²) in [4.78, 5) is 17.1. The van der Waals surface area contributed by atoms with Gasteiger partial charge in [-0.3, -0.25) is 4.99 Å². The molecule has 2 N–H and O–H groups in total. The van der Waals surface area contributed by atoms with Crippen molar-refractivity contribution in [3.05, 3.63) is 35.9 Å². The molecule has 1 atom stereocenters. The van der Waals surface area contributed by atoms with E-state index < -0.39 is 0 Å². The Morgan fingerprint density at radius 2 is 1.95 bits per heavy atom. The number of nitrogens with zero attached hydrogens (tertiary/aromatic N) is 4. The molecule has 2 aliphatic heterocycles.